The summed E-state index contributed by atoms with van der Waals surface area (Å²) < 4.78 is 32.3. The SMILES string of the molecule is Cc1ccc(N(CC(=O)N2CCN(S(=O)(=O)c3c(C)noc3C)CC2)C(C)C)cc1. The van der Waals surface area contributed by atoms with Crippen LogP contribution in [0.4, 0.5) is 5.69 Å². The number of sulfonamides is 1. The predicted molar refractivity (Wildman–Crippen MR) is 115 cm³/mol. The van der Waals surface area contributed by atoms with Crippen LogP contribution in [0.15, 0.2) is 33.7 Å². The van der Waals surface area contributed by atoms with Crippen molar-refractivity contribution in [3.63, 3.8) is 0 Å². The average molecular weight is 435 g/mol. The van der Waals surface area contributed by atoms with Gasteiger partial charge in [-0.1, -0.05) is 22.9 Å². The van der Waals surface area contributed by atoms with Gasteiger partial charge in [0.25, 0.3) is 0 Å². The summed E-state index contributed by atoms with van der Waals surface area (Å²) in [5.74, 6) is 0.287. The third-order valence-electron chi connectivity index (χ3n) is 5.45. The van der Waals surface area contributed by atoms with Crippen molar-refractivity contribution in [1.29, 1.82) is 0 Å². The van der Waals surface area contributed by atoms with Crippen LogP contribution in [-0.2, 0) is 14.8 Å². The van der Waals surface area contributed by atoms with Gasteiger partial charge in [-0.15, -0.1) is 0 Å². The number of piperazine rings is 1. The van der Waals surface area contributed by atoms with Gasteiger partial charge in [-0.05, 0) is 46.8 Å². The van der Waals surface area contributed by atoms with Crippen molar-refractivity contribution in [2.75, 3.05) is 37.6 Å². The molecule has 3 rings (SSSR count). The van der Waals surface area contributed by atoms with Crippen molar-refractivity contribution in [2.45, 2.75) is 45.6 Å². The largest absolute Gasteiger partial charge is 0.360 e. The number of rotatable bonds is 6. The molecule has 0 saturated carbocycles. The van der Waals surface area contributed by atoms with E-state index >= 15 is 0 Å². The molecule has 1 aliphatic heterocycles. The van der Waals surface area contributed by atoms with Gasteiger partial charge in [0.15, 0.2) is 5.76 Å². The van der Waals surface area contributed by atoms with Crippen LogP contribution in [-0.4, -0.2) is 67.5 Å². The smallest absolute Gasteiger partial charge is 0.248 e. The van der Waals surface area contributed by atoms with Crippen LogP contribution in [0.5, 0.6) is 0 Å². The van der Waals surface area contributed by atoms with Crippen LogP contribution in [0.3, 0.4) is 0 Å². The van der Waals surface area contributed by atoms with Crippen LogP contribution < -0.4 is 4.90 Å². The molecule has 2 heterocycles. The maximum Gasteiger partial charge on any atom is 0.248 e. The second kappa shape index (κ2) is 8.77. The van der Waals surface area contributed by atoms with Gasteiger partial charge in [-0.2, -0.15) is 4.31 Å². The lowest BCUT2D eigenvalue weighted by Crippen LogP contribution is -2.53. The van der Waals surface area contributed by atoms with Gasteiger partial charge in [-0.25, -0.2) is 8.42 Å². The molecule has 0 atom stereocenters. The molecule has 1 amide bonds. The quantitative estimate of drug-likeness (QED) is 0.694. The number of carbonyl (C=O) groups is 1. The van der Waals surface area contributed by atoms with Crippen molar-refractivity contribution in [2.24, 2.45) is 0 Å². The number of hydrogen-bond donors (Lipinski definition) is 0. The lowest BCUT2D eigenvalue weighted by atomic mass is 10.2. The van der Waals surface area contributed by atoms with E-state index in [0.29, 0.717) is 18.8 Å². The number of aryl methyl sites for hydroxylation is 3. The molecule has 0 N–H and O–H groups in total. The Kier molecular flexibility index (Phi) is 6.52. The molecule has 1 fully saturated rings. The monoisotopic (exact) mass is 434 g/mol. The molecular formula is C21H30N4O4S. The zero-order chi connectivity index (χ0) is 22.1. The number of nitrogens with zero attached hydrogens (tertiary/aromatic N) is 4. The molecule has 0 spiro atoms. The molecule has 1 aromatic heterocycles. The van der Waals surface area contributed by atoms with E-state index < -0.39 is 10.0 Å². The number of benzene rings is 1. The van der Waals surface area contributed by atoms with E-state index in [9.17, 15) is 13.2 Å². The molecule has 0 radical (unpaired) electrons. The zero-order valence-electron chi connectivity index (χ0n) is 18.3. The minimum absolute atomic E-state index is 0.00124. The summed E-state index contributed by atoms with van der Waals surface area (Å²) in [5.41, 5.74) is 2.53. The summed E-state index contributed by atoms with van der Waals surface area (Å²) in [6.45, 7) is 10.9. The van der Waals surface area contributed by atoms with E-state index in [0.717, 1.165) is 5.69 Å². The number of carbonyl (C=O) groups excluding carboxylic acids is 1. The van der Waals surface area contributed by atoms with E-state index in [2.05, 4.69) is 23.9 Å². The molecule has 0 aliphatic carbocycles. The highest BCUT2D eigenvalue weighted by molar-refractivity contribution is 7.89. The number of amides is 1. The molecule has 1 aliphatic rings. The highest BCUT2D eigenvalue weighted by Gasteiger charge is 2.34. The van der Waals surface area contributed by atoms with Crippen molar-refractivity contribution in [1.82, 2.24) is 14.4 Å². The van der Waals surface area contributed by atoms with Gasteiger partial charge in [-0.3, -0.25) is 4.79 Å². The van der Waals surface area contributed by atoms with E-state index in [1.54, 1.807) is 18.7 Å². The van der Waals surface area contributed by atoms with Crippen LogP contribution in [0.2, 0.25) is 0 Å². The first-order valence-electron chi connectivity index (χ1n) is 10.2. The highest BCUT2D eigenvalue weighted by Crippen LogP contribution is 2.24. The van der Waals surface area contributed by atoms with Crippen LogP contribution >= 0.6 is 0 Å². The van der Waals surface area contributed by atoms with Crippen molar-refractivity contribution >= 4 is 21.6 Å². The predicted octanol–water partition coefficient (Wildman–Crippen LogP) is 2.35. The summed E-state index contributed by atoms with van der Waals surface area (Å²) >= 11 is 0. The summed E-state index contributed by atoms with van der Waals surface area (Å²) in [6, 6.07) is 8.28. The molecule has 8 nitrogen and oxygen atoms in total. The van der Waals surface area contributed by atoms with Gasteiger partial charge >= 0.3 is 0 Å². The van der Waals surface area contributed by atoms with E-state index in [-0.39, 0.29) is 42.2 Å². The van der Waals surface area contributed by atoms with Crippen LogP contribution in [0.1, 0.15) is 30.9 Å². The van der Waals surface area contributed by atoms with E-state index in [1.807, 2.05) is 31.2 Å². The first-order chi connectivity index (χ1) is 14.1. The molecule has 2 aromatic rings. The van der Waals surface area contributed by atoms with E-state index in [1.165, 1.54) is 9.87 Å². The summed E-state index contributed by atoms with van der Waals surface area (Å²) in [4.78, 5) is 16.9. The third kappa shape index (κ3) is 4.52. The minimum Gasteiger partial charge on any atom is -0.360 e. The van der Waals surface area contributed by atoms with Gasteiger partial charge < -0.3 is 14.3 Å². The molecule has 9 heteroatoms. The Morgan fingerprint density at radius 1 is 1.10 bits per heavy atom. The van der Waals surface area contributed by atoms with Crippen LogP contribution in [0.25, 0.3) is 0 Å². The minimum atomic E-state index is -3.68. The molecule has 30 heavy (non-hydrogen) atoms. The fraction of sp³-hybridized carbons (Fsp3) is 0.524. The molecule has 0 bridgehead atoms. The maximum atomic E-state index is 13.0. The van der Waals surface area contributed by atoms with Gasteiger partial charge in [0, 0.05) is 37.9 Å². The standard InChI is InChI=1S/C21H30N4O4S/c1-15(2)25(19-8-6-16(3)7-9-19)14-20(26)23-10-12-24(13-11-23)30(27,28)21-17(4)22-29-18(21)5/h6-9,15H,10-14H2,1-5H3. The molecule has 1 saturated heterocycles. The Bertz CT molecular complexity index is 971. The lowest BCUT2D eigenvalue weighted by Gasteiger charge is -2.36. The van der Waals surface area contributed by atoms with Gasteiger partial charge in [0.1, 0.15) is 10.6 Å². The third-order valence-corrected chi connectivity index (χ3v) is 7.60. The molecule has 1 aromatic carbocycles. The Balaban J connectivity index is 1.65. The lowest BCUT2D eigenvalue weighted by molar-refractivity contribution is -0.130. The number of aromatic nitrogens is 1. The summed E-state index contributed by atoms with van der Waals surface area (Å²) in [7, 11) is -3.68. The van der Waals surface area contributed by atoms with E-state index in [4.69, 9.17) is 4.52 Å². The molecule has 164 valence electrons. The fourth-order valence-corrected chi connectivity index (χ4v) is 5.42. The molecule has 0 unspecified atom stereocenters. The number of hydrogen-bond acceptors (Lipinski definition) is 6. The topological polar surface area (TPSA) is 87.0 Å². The Morgan fingerprint density at radius 2 is 1.70 bits per heavy atom. The first kappa shape index (κ1) is 22.3. The van der Waals surface area contributed by atoms with Gasteiger partial charge in [0.05, 0.1) is 6.54 Å². The Morgan fingerprint density at radius 3 is 2.20 bits per heavy atom. The zero-order valence-corrected chi connectivity index (χ0v) is 19.1. The number of anilines is 1. The van der Waals surface area contributed by atoms with Crippen molar-refractivity contribution in [3.05, 3.63) is 41.3 Å². The second-order valence-corrected chi connectivity index (χ2v) is 9.87. The van der Waals surface area contributed by atoms with Gasteiger partial charge in [0.2, 0.25) is 15.9 Å². The maximum absolute atomic E-state index is 13.0. The van der Waals surface area contributed by atoms with Crippen molar-refractivity contribution in [3.8, 4) is 0 Å². The molecular weight excluding hydrogens is 404 g/mol. The Labute approximate surface area is 178 Å². The highest BCUT2D eigenvalue weighted by atomic mass is 32.2. The Hall–Kier alpha value is -2.39. The van der Waals surface area contributed by atoms with Crippen molar-refractivity contribution < 1.29 is 17.7 Å². The normalized spacial score (nSPS) is 15.6. The average Bonchev–Trinajstić information content (AvgIpc) is 3.05. The summed E-state index contributed by atoms with van der Waals surface area (Å²) in [5, 5.41) is 3.75. The summed E-state index contributed by atoms with van der Waals surface area (Å²) in [6.07, 6.45) is 0. The van der Waals surface area contributed by atoms with Crippen LogP contribution in [0, 0.1) is 20.8 Å². The fourth-order valence-electron chi connectivity index (χ4n) is 3.70. The first-order valence-corrected chi connectivity index (χ1v) is 11.6. The second-order valence-electron chi connectivity index (χ2n) is 8.00.